The highest BCUT2D eigenvalue weighted by Crippen LogP contribution is 2.33. The zero-order valence-electron chi connectivity index (χ0n) is 20.9. The molecular weight excluding hydrogens is 630 g/mol. The minimum absolute atomic E-state index is 0.203. The molecule has 0 heterocycles. The number of nitrogens with one attached hydrogen (secondary N) is 1. The lowest BCUT2D eigenvalue weighted by atomic mass is 10.1. The van der Waals surface area contributed by atoms with E-state index >= 15 is 0 Å². The van der Waals surface area contributed by atoms with Gasteiger partial charge in [0.25, 0.3) is 0 Å². The predicted molar refractivity (Wildman–Crippen MR) is 134 cm³/mol. The maximum Gasteiger partial charge on any atom is 0.490 e. The molecule has 20 heteroatoms. The topological polar surface area (TPSA) is 204 Å². The molecular formula is C22H23ClF6N4O8S. The third-order valence-corrected chi connectivity index (χ3v) is 6.52. The minimum Gasteiger partial charge on any atom is -0.493 e. The van der Waals surface area contributed by atoms with Crippen LogP contribution in [0.5, 0.6) is 5.75 Å². The Balaban J connectivity index is 0.00000112. The molecule has 0 fully saturated rings. The smallest absolute Gasteiger partial charge is 0.490 e. The largest absolute Gasteiger partial charge is 0.493 e. The van der Waals surface area contributed by atoms with E-state index in [1.165, 1.54) is 0 Å². The fraction of sp³-hybridized carbons (Fsp3) is 0.318. The number of rotatable bonds is 12. The Bertz CT molecular complexity index is 1350. The van der Waals surface area contributed by atoms with Crippen molar-refractivity contribution in [1.29, 1.82) is 0 Å². The lowest BCUT2D eigenvalue weighted by Gasteiger charge is -2.16. The van der Waals surface area contributed by atoms with Crippen LogP contribution in [-0.2, 0) is 37.0 Å². The summed E-state index contributed by atoms with van der Waals surface area (Å²) in [7, 11) is -4.54. The normalized spacial score (nSPS) is 12.4. The van der Waals surface area contributed by atoms with Crippen LogP contribution in [0.1, 0.15) is 17.5 Å². The number of aliphatic carboxylic acids is 2. The monoisotopic (exact) mass is 652 g/mol. The van der Waals surface area contributed by atoms with Crippen LogP contribution in [-0.4, -0.2) is 62.0 Å². The third kappa shape index (κ3) is 12.7. The second-order valence-corrected chi connectivity index (χ2v) is 9.95. The Kier molecular flexibility index (Phi) is 13.1. The molecule has 2 rings (SSSR count). The van der Waals surface area contributed by atoms with E-state index in [1.54, 1.807) is 24.3 Å². The van der Waals surface area contributed by atoms with Gasteiger partial charge < -0.3 is 31.3 Å². The number of guanidine groups is 1. The van der Waals surface area contributed by atoms with E-state index < -0.39 is 55.8 Å². The van der Waals surface area contributed by atoms with Crippen LogP contribution in [0.2, 0.25) is 5.02 Å². The Morgan fingerprint density at radius 1 is 1.00 bits per heavy atom. The molecule has 0 aliphatic carbocycles. The number of carboxylic acid groups (broad SMARTS) is 2. The third-order valence-electron chi connectivity index (χ3n) is 4.57. The molecule has 7 N–H and O–H groups in total. The summed E-state index contributed by atoms with van der Waals surface area (Å²) in [5, 5.41) is 19.3. The molecule has 0 bridgehead atoms. The number of hydrogen-bond acceptors (Lipinski definition) is 7. The highest BCUT2D eigenvalue weighted by atomic mass is 35.5. The first-order chi connectivity index (χ1) is 19.2. The molecule has 0 aliphatic rings. The number of benzene rings is 2. The summed E-state index contributed by atoms with van der Waals surface area (Å²) in [6, 6.07) is 6.26. The number of hydrogen-bond donors (Lipinski definition) is 5. The fourth-order valence-electron chi connectivity index (χ4n) is 2.72. The van der Waals surface area contributed by atoms with Gasteiger partial charge in [-0.05, 0) is 47.5 Å². The molecule has 234 valence electrons. The summed E-state index contributed by atoms with van der Waals surface area (Å²) >= 11 is 5.74. The summed E-state index contributed by atoms with van der Waals surface area (Å²) in [5.74, 6) is -3.98. The molecule has 0 saturated carbocycles. The van der Waals surface area contributed by atoms with E-state index in [9.17, 15) is 44.7 Å². The number of nitrogens with zero attached hydrogens (tertiary/aromatic N) is 1. The van der Waals surface area contributed by atoms with Gasteiger partial charge in [0.15, 0.2) is 0 Å². The highest BCUT2D eigenvalue weighted by Gasteiger charge is 2.38. The molecule has 2 aromatic carbocycles. The van der Waals surface area contributed by atoms with Gasteiger partial charge in [-0.3, -0.25) is 4.79 Å². The number of oxime groups is 1. The van der Waals surface area contributed by atoms with Crippen molar-refractivity contribution >= 4 is 39.5 Å². The number of nitrogens with two attached hydrogens (primary N) is 2. The maximum atomic E-state index is 12.8. The molecule has 0 aromatic heterocycles. The van der Waals surface area contributed by atoms with Gasteiger partial charge in [0.2, 0.25) is 16.0 Å². The molecule has 0 aliphatic heterocycles. The van der Waals surface area contributed by atoms with Crippen molar-refractivity contribution in [3.8, 4) is 5.75 Å². The number of ether oxygens (including phenoxy) is 1. The zero-order chi connectivity index (χ0) is 32.3. The zero-order valence-corrected chi connectivity index (χ0v) is 22.5. The summed E-state index contributed by atoms with van der Waals surface area (Å²) < 4.78 is 103. The van der Waals surface area contributed by atoms with Crippen LogP contribution < -0.4 is 20.9 Å². The standard InChI is InChI=1S/C20H22ClF3N4O6S.C2HF3O2/c21-15-11-13(20(22,23)24)4-7-17(15)35(31,32)28-16(18(29)30)10-12-2-5-14(6-3-12)33-8-1-9-34-27-19(25)26;3-2(4,5)1(6)7/h2-7,11,16,28H,1,8-10H2,(H,29,30)(H4,25,26,27);(H,6,7)/t16-;/m0./s1. The Labute approximate surface area is 238 Å². The molecule has 0 amide bonds. The first kappa shape index (κ1) is 36.1. The number of carboxylic acids is 2. The van der Waals surface area contributed by atoms with E-state index in [2.05, 4.69) is 5.16 Å². The summed E-state index contributed by atoms with van der Waals surface area (Å²) in [6.45, 7) is 0.504. The Morgan fingerprint density at radius 3 is 2.02 bits per heavy atom. The molecule has 1 atom stereocenters. The van der Waals surface area contributed by atoms with E-state index in [1.807, 2.05) is 4.72 Å². The average molecular weight is 653 g/mol. The predicted octanol–water partition coefficient (Wildman–Crippen LogP) is 2.94. The average Bonchev–Trinajstić information content (AvgIpc) is 2.85. The van der Waals surface area contributed by atoms with Crippen LogP contribution in [0.3, 0.4) is 0 Å². The number of sulfonamides is 1. The highest BCUT2D eigenvalue weighted by molar-refractivity contribution is 7.89. The van der Waals surface area contributed by atoms with Crippen molar-refractivity contribution in [2.24, 2.45) is 16.6 Å². The lowest BCUT2D eigenvalue weighted by molar-refractivity contribution is -0.192. The van der Waals surface area contributed by atoms with Crippen molar-refractivity contribution in [2.45, 2.75) is 36.1 Å². The van der Waals surface area contributed by atoms with Crippen LogP contribution in [0.15, 0.2) is 52.5 Å². The van der Waals surface area contributed by atoms with E-state index in [0.717, 1.165) is 0 Å². The van der Waals surface area contributed by atoms with E-state index in [4.69, 9.17) is 42.5 Å². The number of carbonyl (C=O) groups is 2. The van der Waals surface area contributed by atoms with Crippen molar-refractivity contribution < 1.29 is 64.1 Å². The minimum atomic E-state index is -5.08. The molecule has 42 heavy (non-hydrogen) atoms. The Morgan fingerprint density at radius 2 is 1.57 bits per heavy atom. The lowest BCUT2D eigenvalue weighted by Crippen LogP contribution is -2.42. The summed E-state index contributed by atoms with van der Waals surface area (Å²) in [4.78, 5) is 24.7. The first-order valence-corrected chi connectivity index (χ1v) is 12.9. The van der Waals surface area contributed by atoms with Crippen LogP contribution >= 0.6 is 11.6 Å². The summed E-state index contributed by atoms with van der Waals surface area (Å²) in [5.41, 5.74) is 9.54. The second kappa shape index (κ2) is 15.3. The fourth-order valence-corrected chi connectivity index (χ4v) is 4.45. The van der Waals surface area contributed by atoms with Gasteiger partial charge in [0, 0.05) is 6.42 Å². The van der Waals surface area contributed by atoms with Gasteiger partial charge in [0.1, 0.15) is 23.3 Å². The van der Waals surface area contributed by atoms with Gasteiger partial charge in [-0.25, -0.2) is 13.2 Å². The van der Waals surface area contributed by atoms with Crippen molar-refractivity contribution in [1.82, 2.24) is 4.72 Å². The van der Waals surface area contributed by atoms with Crippen LogP contribution in [0, 0.1) is 0 Å². The molecule has 0 spiro atoms. The van der Waals surface area contributed by atoms with E-state index in [-0.39, 0.29) is 25.6 Å². The summed E-state index contributed by atoms with van der Waals surface area (Å²) in [6.07, 6.45) is -9.58. The quantitative estimate of drug-likeness (QED) is 0.0745. The van der Waals surface area contributed by atoms with Gasteiger partial charge in [0.05, 0.1) is 17.2 Å². The Hall–Kier alpha value is -3.97. The van der Waals surface area contributed by atoms with Crippen molar-refractivity contribution in [3.05, 3.63) is 58.6 Å². The van der Waals surface area contributed by atoms with Gasteiger partial charge >= 0.3 is 24.3 Å². The molecule has 0 saturated heterocycles. The number of alkyl halides is 6. The van der Waals surface area contributed by atoms with E-state index in [0.29, 0.717) is 35.9 Å². The van der Waals surface area contributed by atoms with Crippen LogP contribution in [0.25, 0.3) is 0 Å². The molecule has 0 unspecified atom stereocenters. The molecule has 0 radical (unpaired) electrons. The maximum absolute atomic E-state index is 12.8. The van der Waals surface area contributed by atoms with Gasteiger partial charge in [-0.1, -0.05) is 23.7 Å². The first-order valence-electron chi connectivity index (χ1n) is 11.1. The second-order valence-electron chi connectivity index (χ2n) is 7.86. The van der Waals surface area contributed by atoms with Crippen LogP contribution in [0.4, 0.5) is 26.3 Å². The molecule has 2 aromatic rings. The number of halogens is 7. The van der Waals surface area contributed by atoms with Gasteiger partial charge in [-0.2, -0.15) is 31.1 Å². The SMILES string of the molecule is NC(N)=NOCCCOc1ccc(C[C@H](NS(=O)(=O)c2ccc(C(F)(F)F)cc2Cl)C(=O)O)cc1.O=C(O)C(F)(F)F. The van der Waals surface area contributed by atoms with Gasteiger partial charge in [-0.15, -0.1) is 0 Å². The molecule has 12 nitrogen and oxygen atoms in total. The van der Waals surface area contributed by atoms with Crippen molar-refractivity contribution in [2.75, 3.05) is 13.2 Å². The van der Waals surface area contributed by atoms with Crippen molar-refractivity contribution in [3.63, 3.8) is 0 Å².